The molecule has 1 saturated heterocycles. The lowest BCUT2D eigenvalue weighted by atomic mass is 9.93. The van der Waals surface area contributed by atoms with Crippen LogP contribution in [-0.2, 0) is 28.2 Å². The van der Waals surface area contributed by atoms with E-state index in [4.69, 9.17) is 4.74 Å². The first kappa shape index (κ1) is 28.7. The molecule has 1 fully saturated rings. The van der Waals surface area contributed by atoms with Crippen LogP contribution >= 0.6 is 0 Å². The van der Waals surface area contributed by atoms with Crippen LogP contribution in [0.25, 0.3) is 11.1 Å². The van der Waals surface area contributed by atoms with E-state index in [-0.39, 0.29) is 17.6 Å². The molecular formula is C30H34F3N3O3. The van der Waals surface area contributed by atoms with E-state index in [2.05, 4.69) is 14.8 Å². The third-order valence-electron chi connectivity index (χ3n) is 7.22. The van der Waals surface area contributed by atoms with E-state index in [0.717, 1.165) is 49.8 Å². The van der Waals surface area contributed by atoms with Crippen molar-refractivity contribution in [3.05, 3.63) is 89.7 Å². The van der Waals surface area contributed by atoms with Gasteiger partial charge < -0.3 is 9.84 Å². The van der Waals surface area contributed by atoms with E-state index in [1.54, 1.807) is 31.5 Å². The molecule has 1 aromatic heterocycles. The molecule has 0 radical (unpaired) electrons. The molecule has 9 heteroatoms. The Kier molecular flexibility index (Phi) is 9.04. The maximum atomic E-state index is 13.2. The van der Waals surface area contributed by atoms with Crippen molar-refractivity contribution in [1.29, 1.82) is 0 Å². The van der Waals surface area contributed by atoms with Gasteiger partial charge in [0.1, 0.15) is 0 Å². The van der Waals surface area contributed by atoms with Gasteiger partial charge in [0.2, 0.25) is 0 Å². The maximum Gasteiger partial charge on any atom is 0.421 e. The Hall–Kier alpha value is -3.27. The van der Waals surface area contributed by atoms with Gasteiger partial charge in [-0.05, 0) is 53.8 Å². The zero-order chi connectivity index (χ0) is 28.0. The van der Waals surface area contributed by atoms with Gasteiger partial charge in [-0.1, -0.05) is 48.5 Å². The molecule has 1 N–H and O–H groups in total. The lowest BCUT2D eigenvalue weighted by molar-refractivity contribution is -0.258. The number of aliphatic hydroxyl groups is 1. The summed E-state index contributed by atoms with van der Waals surface area (Å²) >= 11 is 0. The number of piperazine rings is 1. The van der Waals surface area contributed by atoms with Gasteiger partial charge in [-0.3, -0.25) is 19.6 Å². The smallest absolute Gasteiger partial charge is 0.421 e. The fourth-order valence-electron chi connectivity index (χ4n) is 4.85. The summed E-state index contributed by atoms with van der Waals surface area (Å²) in [6.45, 7) is 6.79. The number of benzene rings is 2. The molecule has 0 aliphatic carbocycles. The van der Waals surface area contributed by atoms with Crippen molar-refractivity contribution in [2.24, 2.45) is 0 Å². The molecular weight excluding hydrogens is 507 g/mol. The topological polar surface area (TPSA) is 65.9 Å². The summed E-state index contributed by atoms with van der Waals surface area (Å²) < 4.78 is 44.7. The first-order chi connectivity index (χ1) is 18.6. The molecule has 6 nitrogen and oxygen atoms in total. The Morgan fingerprint density at radius 2 is 1.54 bits per heavy atom. The molecule has 2 aromatic carbocycles. The quantitative estimate of drug-likeness (QED) is 0.378. The predicted octanol–water partition coefficient (Wildman–Crippen LogP) is 5.16. The highest BCUT2D eigenvalue weighted by Gasteiger charge is 2.51. The number of hydrogen-bond donors (Lipinski definition) is 1. The van der Waals surface area contributed by atoms with E-state index >= 15 is 0 Å². The highest BCUT2D eigenvalue weighted by molar-refractivity contribution is 5.70. The number of esters is 1. The number of rotatable bonds is 9. The zero-order valence-corrected chi connectivity index (χ0v) is 22.2. The monoisotopic (exact) mass is 541 g/mol. The van der Waals surface area contributed by atoms with Gasteiger partial charge in [0.05, 0.1) is 13.0 Å². The average Bonchev–Trinajstić information content (AvgIpc) is 2.91. The standard InChI is InChI=1S/C30H34F3N3O3/c1-3-39-28(37)18-27-21-35(19-23-12-14-34-15-13-23)16-17-36(27)20-22-4-6-24(7-5-22)25-8-10-26(11-9-25)29(2,38)30(31,32)33/h4-15,27,38H,3,16-21H2,1-2H3. The van der Waals surface area contributed by atoms with E-state index in [1.807, 2.05) is 36.4 Å². The number of hydrogen-bond acceptors (Lipinski definition) is 6. The number of nitrogens with zero attached hydrogens (tertiary/aromatic N) is 3. The minimum Gasteiger partial charge on any atom is -0.466 e. The van der Waals surface area contributed by atoms with Gasteiger partial charge in [0.25, 0.3) is 0 Å². The second kappa shape index (κ2) is 12.3. The SMILES string of the molecule is CCOC(=O)CC1CN(Cc2ccncc2)CCN1Cc1ccc(-c2ccc(C(C)(O)C(F)(F)F)cc2)cc1. The fraction of sp³-hybridized carbons (Fsp3) is 0.400. The van der Waals surface area contributed by atoms with E-state index < -0.39 is 11.8 Å². The highest BCUT2D eigenvalue weighted by Crippen LogP contribution is 2.39. The molecule has 0 bridgehead atoms. The van der Waals surface area contributed by atoms with Gasteiger partial charge in [0, 0.05) is 51.2 Å². The van der Waals surface area contributed by atoms with Crippen molar-refractivity contribution >= 4 is 5.97 Å². The molecule has 0 saturated carbocycles. The molecule has 2 unspecified atom stereocenters. The van der Waals surface area contributed by atoms with Crippen molar-refractivity contribution in [2.75, 3.05) is 26.2 Å². The lowest BCUT2D eigenvalue weighted by Gasteiger charge is -2.41. The second-order valence-corrected chi connectivity index (χ2v) is 10.1. The number of carbonyl (C=O) groups is 1. The van der Waals surface area contributed by atoms with Crippen LogP contribution in [0.3, 0.4) is 0 Å². The number of alkyl halides is 3. The van der Waals surface area contributed by atoms with Gasteiger partial charge in [0.15, 0.2) is 5.60 Å². The lowest BCUT2D eigenvalue weighted by Crippen LogP contribution is -2.53. The number of carbonyl (C=O) groups excluding carboxylic acids is 1. The van der Waals surface area contributed by atoms with Crippen molar-refractivity contribution < 1.29 is 27.8 Å². The Morgan fingerprint density at radius 1 is 0.949 bits per heavy atom. The van der Waals surface area contributed by atoms with Crippen LogP contribution in [0.1, 0.15) is 37.0 Å². The molecule has 208 valence electrons. The normalized spacial score (nSPS) is 18.5. The van der Waals surface area contributed by atoms with Gasteiger partial charge >= 0.3 is 12.1 Å². The number of ether oxygens (including phenoxy) is 1. The Bertz CT molecular complexity index is 1220. The Labute approximate surface area is 227 Å². The fourth-order valence-corrected chi connectivity index (χ4v) is 4.85. The van der Waals surface area contributed by atoms with E-state index in [0.29, 0.717) is 19.6 Å². The summed E-state index contributed by atoms with van der Waals surface area (Å²) in [6, 6.07) is 17.7. The molecule has 1 aliphatic heterocycles. The average molecular weight is 542 g/mol. The molecule has 4 rings (SSSR count). The van der Waals surface area contributed by atoms with Crippen molar-refractivity contribution in [2.45, 2.75) is 51.2 Å². The summed E-state index contributed by atoms with van der Waals surface area (Å²) in [6.07, 6.45) is -0.879. The molecule has 0 amide bonds. The van der Waals surface area contributed by atoms with Gasteiger partial charge in [-0.15, -0.1) is 0 Å². The number of halogens is 3. The van der Waals surface area contributed by atoms with Crippen LogP contribution in [0.2, 0.25) is 0 Å². The molecule has 2 heterocycles. The molecule has 1 aliphatic rings. The van der Waals surface area contributed by atoms with Crippen LogP contribution in [-0.4, -0.2) is 64.3 Å². The van der Waals surface area contributed by atoms with Crippen LogP contribution in [0, 0.1) is 0 Å². The van der Waals surface area contributed by atoms with Crippen LogP contribution in [0.4, 0.5) is 13.2 Å². The minimum absolute atomic E-state index is 0.00767. The van der Waals surface area contributed by atoms with E-state index in [1.165, 1.54) is 17.7 Å². The third kappa shape index (κ3) is 7.23. The van der Waals surface area contributed by atoms with Gasteiger partial charge in [-0.2, -0.15) is 13.2 Å². The van der Waals surface area contributed by atoms with Crippen LogP contribution < -0.4 is 0 Å². The number of aromatic nitrogens is 1. The molecule has 3 aromatic rings. The summed E-state index contributed by atoms with van der Waals surface area (Å²) in [5.74, 6) is -0.207. The minimum atomic E-state index is -4.76. The van der Waals surface area contributed by atoms with Crippen molar-refractivity contribution in [3.8, 4) is 11.1 Å². The first-order valence-electron chi connectivity index (χ1n) is 13.1. The Morgan fingerprint density at radius 3 is 2.13 bits per heavy atom. The van der Waals surface area contributed by atoms with Gasteiger partial charge in [-0.25, -0.2) is 0 Å². The molecule has 0 spiro atoms. The largest absolute Gasteiger partial charge is 0.466 e. The molecule has 39 heavy (non-hydrogen) atoms. The Balaban J connectivity index is 1.43. The summed E-state index contributed by atoms with van der Waals surface area (Å²) in [4.78, 5) is 21.1. The number of pyridine rings is 1. The summed E-state index contributed by atoms with van der Waals surface area (Å²) in [5.41, 5.74) is 0.768. The maximum absolute atomic E-state index is 13.2. The van der Waals surface area contributed by atoms with E-state index in [9.17, 15) is 23.1 Å². The van der Waals surface area contributed by atoms with Crippen LogP contribution in [0.5, 0.6) is 0 Å². The first-order valence-corrected chi connectivity index (χ1v) is 13.1. The highest BCUT2D eigenvalue weighted by atomic mass is 19.4. The van der Waals surface area contributed by atoms with Crippen LogP contribution in [0.15, 0.2) is 73.1 Å². The van der Waals surface area contributed by atoms with Crippen molar-refractivity contribution in [1.82, 2.24) is 14.8 Å². The second-order valence-electron chi connectivity index (χ2n) is 10.1. The summed E-state index contributed by atoms with van der Waals surface area (Å²) in [5, 5.41) is 9.91. The molecule has 2 atom stereocenters. The predicted molar refractivity (Wildman–Crippen MR) is 142 cm³/mol. The van der Waals surface area contributed by atoms with Crippen molar-refractivity contribution in [3.63, 3.8) is 0 Å². The zero-order valence-electron chi connectivity index (χ0n) is 22.2. The third-order valence-corrected chi connectivity index (χ3v) is 7.22. The summed E-state index contributed by atoms with van der Waals surface area (Å²) in [7, 11) is 0.